The van der Waals surface area contributed by atoms with Crippen molar-refractivity contribution < 1.29 is 27.1 Å². The zero-order chi connectivity index (χ0) is 15.6. The molecule has 0 heterocycles. The molecule has 0 atom stereocenters. The smallest absolute Gasteiger partial charge is 0.417 e. The van der Waals surface area contributed by atoms with Crippen molar-refractivity contribution in [1.82, 2.24) is 0 Å². The summed E-state index contributed by atoms with van der Waals surface area (Å²) >= 11 is 2.97. The van der Waals surface area contributed by atoms with Crippen LogP contribution in [0.1, 0.15) is 15.9 Å². The van der Waals surface area contributed by atoms with Gasteiger partial charge in [0.1, 0.15) is 11.6 Å². The summed E-state index contributed by atoms with van der Waals surface area (Å²) in [5.41, 5.74) is -1.70. The predicted octanol–water partition coefficient (Wildman–Crippen LogP) is 4.83. The Morgan fingerprint density at radius 1 is 1.10 bits per heavy atom. The highest BCUT2D eigenvalue weighted by molar-refractivity contribution is 9.10. The Morgan fingerprint density at radius 2 is 1.76 bits per heavy atom. The molecule has 0 N–H and O–H groups in total. The van der Waals surface area contributed by atoms with E-state index in [-0.39, 0.29) is 10.2 Å². The Morgan fingerprint density at radius 3 is 2.38 bits per heavy atom. The highest BCUT2D eigenvalue weighted by Gasteiger charge is 2.35. The fraction of sp³-hybridized carbons (Fsp3) is 0.0714. The standard InChI is InChI=1S/C14H7BrF4O2/c15-11-7-8(16)5-6-12(11)21-13(20)9-3-1-2-4-10(9)14(17,18)19/h1-7H. The van der Waals surface area contributed by atoms with Crippen molar-refractivity contribution in [3.63, 3.8) is 0 Å². The molecule has 0 aromatic heterocycles. The largest absolute Gasteiger partial charge is 0.422 e. The van der Waals surface area contributed by atoms with Gasteiger partial charge < -0.3 is 4.74 Å². The number of alkyl halides is 3. The number of carbonyl (C=O) groups excluding carboxylic acids is 1. The van der Waals surface area contributed by atoms with Gasteiger partial charge in [-0.1, -0.05) is 12.1 Å². The average molecular weight is 363 g/mol. The maximum Gasteiger partial charge on any atom is 0.417 e. The van der Waals surface area contributed by atoms with E-state index in [0.29, 0.717) is 0 Å². The van der Waals surface area contributed by atoms with Crippen LogP contribution >= 0.6 is 15.9 Å². The van der Waals surface area contributed by atoms with Crippen LogP contribution in [0.15, 0.2) is 46.9 Å². The predicted molar refractivity (Wildman–Crippen MR) is 70.5 cm³/mol. The SMILES string of the molecule is O=C(Oc1ccc(F)cc1Br)c1ccccc1C(F)(F)F. The summed E-state index contributed by atoms with van der Waals surface area (Å²) < 4.78 is 56.3. The summed E-state index contributed by atoms with van der Waals surface area (Å²) in [6.07, 6.45) is -4.67. The molecule has 0 bridgehead atoms. The minimum absolute atomic E-state index is 0.0709. The Bertz CT molecular complexity index is 683. The van der Waals surface area contributed by atoms with E-state index in [2.05, 4.69) is 15.9 Å². The van der Waals surface area contributed by atoms with Crippen molar-refractivity contribution in [3.05, 3.63) is 63.9 Å². The third kappa shape index (κ3) is 3.60. The first-order valence-electron chi connectivity index (χ1n) is 5.62. The van der Waals surface area contributed by atoms with Gasteiger partial charge in [-0.15, -0.1) is 0 Å². The van der Waals surface area contributed by atoms with Gasteiger partial charge in [0, 0.05) is 0 Å². The van der Waals surface area contributed by atoms with Crippen LogP contribution in [0.2, 0.25) is 0 Å². The van der Waals surface area contributed by atoms with Crippen molar-refractivity contribution in [3.8, 4) is 5.75 Å². The summed E-state index contributed by atoms with van der Waals surface area (Å²) in [4.78, 5) is 11.9. The molecule has 0 radical (unpaired) electrons. The number of halogens is 5. The molecule has 0 spiro atoms. The molecule has 0 fully saturated rings. The van der Waals surface area contributed by atoms with Crippen LogP contribution in [-0.4, -0.2) is 5.97 Å². The highest BCUT2D eigenvalue weighted by Crippen LogP contribution is 2.33. The summed E-state index contributed by atoms with van der Waals surface area (Å²) in [7, 11) is 0. The van der Waals surface area contributed by atoms with Gasteiger partial charge in [0.2, 0.25) is 0 Å². The molecule has 0 aliphatic carbocycles. The molecule has 7 heteroatoms. The first kappa shape index (κ1) is 15.5. The molecule has 2 aromatic carbocycles. The minimum atomic E-state index is -4.67. The maximum atomic E-state index is 12.9. The fourth-order valence-corrected chi connectivity index (χ4v) is 2.05. The molecule has 0 unspecified atom stereocenters. The Labute approximate surface area is 125 Å². The second kappa shape index (κ2) is 5.85. The number of carbonyl (C=O) groups is 1. The van der Waals surface area contributed by atoms with E-state index in [0.717, 1.165) is 30.3 Å². The van der Waals surface area contributed by atoms with Gasteiger partial charge in [0.25, 0.3) is 0 Å². The van der Waals surface area contributed by atoms with E-state index in [1.54, 1.807) is 0 Å². The molecular formula is C14H7BrF4O2. The Kier molecular flexibility index (Phi) is 4.32. The second-order valence-electron chi connectivity index (χ2n) is 4.01. The molecule has 0 saturated heterocycles. The van der Waals surface area contributed by atoms with Gasteiger partial charge in [0.15, 0.2) is 0 Å². The van der Waals surface area contributed by atoms with Gasteiger partial charge in [-0.3, -0.25) is 0 Å². The van der Waals surface area contributed by atoms with Crippen LogP contribution in [0.4, 0.5) is 17.6 Å². The van der Waals surface area contributed by atoms with Crippen LogP contribution in [0, 0.1) is 5.82 Å². The van der Waals surface area contributed by atoms with E-state index in [1.807, 2.05) is 0 Å². The summed E-state index contributed by atoms with van der Waals surface area (Å²) in [6.45, 7) is 0. The lowest BCUT2D eigenvalue weighted by molar-refractivity contribution is -0.138. The first-order valence-corrected chi connectivity index (χ1v) is 6.42. The van der Waals surface area contributed by atoms with Crippen molar-refractivity contribution in [2.24, 2.45) is 0 Å². The zero-order valence-corrected chi connectivity index (χ0v) is 11.8. The van der Waals surface area contributed by atoms with Crippen LogP contribution in [0.25, 0.3) is 0 Å². The van der Waals surface area contributed by atoms with Crippen molar-refractivity contribution in [1.29, 1.82) is 0 Å². The first-order chi connectivity index (χ1) is 9.79. The summed E-state index contributed by atoms with van der Waals surface area (Å²) in [6, 6.07) is 7.49. The topological polar surface area (TPSA) is 26.3 Å². The van der Waals surface area contributed by atoms with Crippen LogP contribution in [0.3, 0.4) is 0 Å². The van der Waals surface area contributed by atoms with Crippen LogP contribution in [0.5, 0.6) is 5.75 Å². The van der Waals surface area contributed by atoms with Gasteiger partial charge in [-0.2, -0.15) is 13.2 Å². The van der Waals surface area contributed by atoms with Crippen LogP contribution in [-0.2, 0) is 6.18 Å². The van der Waals surface area contributed by atoms with Gasteiger partial charge >= 0.3 is 12.1 Å². The third-order valence-corrected chi connectivity index (χ3v) is 3.17. The number of rotatable bonds is 2. The van der Waals surface area contributed by atoms with Crippen molar-refractivity contribution in [2.75, 3.05) is 0 Å². The monoisotopic (exact) mass is 362 g/mol. The van der Waals surface area contributed by atoms with Crippen molar-refractivity contribution >= 4 is 21.9 Å². The molecule has 0 saturated carbocycles. The molecule has 0 amide bonds. The van der Waals surface area contributed by atoms with E-state index < -0.39 is 29.1 Å². The number of hydrogen-bond donors (Lipinski definition) is 0. The lowest BCUT2D eigenvalue weighted by Gasteiger charge is -2.12. The van der Waals surface area contributed by atoms with E-state index >= 15 is 0 Å². The molecule has 110 valence electrons. The summed E-state index contributed by atoms with van der Waals surface area (Å²) in [5.74, 6) is -1.81. The molecular weight excluding hydrogens is 356 g/mol. The lowest BCUT2D eigenvalue weighted by Crippen LogP contribution is -2.17. The van der Waals surface area contributed by atoms with E-state index in [1.165, 1.54) is 12.1 Å². The quantitative estimate of drug-likeness (QED) is 0.434. The number of hydrogen-bond acceptors (Lipinski definition) is 2. The summed E-state index contributed by atoms with van der Waals surface area (Å²) in [5, 5.41) is 0. The minimum Gasteiger partial charge on any atom is -0.422 e. The Balaban J connectivity index is 2.33. The van der Waals surface area contributed by atoms with Gasteiger partial charge in [0.05, 0.1) is 15.6 Å². The van der Waals surface area contributed by atoms with Crippen molar-refractivity contribution in [2.45, 2.75) is 6.18 Å². The molecule has 0 aliphatic rings. The fourth-order valence-electron chi connectivity index (χ4n) is 1.62. The molecule has 2 aromatic rings. The van der Waals surface area contributed by atoms with Gasteiger partial charge in [-0.25, -0.2) is 9.18 Å². The number of benzene rings is 2. The zero-order valence-electron chi connectivity index (χ0n) is 10.2. The second-order valence-corrected chi connectivity index (χ2v) is 4.86. The van der Waals surface area contributed by atoms with Gasteiger partial charge in [-0.05, 0) is 46.3 Å². The molecule has 2 rings (SSSR count). The van der Waals surface area contributed by atoms with Crippen LogP contribution < -0.4 is 4.74 Å². The molecule has 2 nitrogen and oxygen atoms in total. The molecule has 0 aliphatic heterocycles. The van der Waals surface area contributed by atoms with E-state index in [4.69, 9.17) is 4.74 Å². The third-order valence-electron chi connectivity index (χ3n) is 2.55. The normalized spacial score (nSPS) is 11.3. The average Bonchev–Trinajstić information content (AvgIpc) is 2.41. The Hall–Kier alpha value is -1.89. The number of ether oxygens (including phenoxy) is 1. The number of esters is 1. The maximum absolute atomic E-state index is 12.9. The van der Waals surface area contributed by atoms with E-state index in [9.17, 15) is 22.4 Å². The molecule has 21 heavy (non-hydrogen) atoms. The highest BCUT2D eigenvalue weighted by atomic mass is 79.9. The lowest BCUT2D eigenvalue weighted by atomic mass is 10.1.